The van der Waals surface area contributed by atoms with Gasteiger partial charge >= 0.3 is 0 Å². The van der Waals surface area contributed by atoms with Crippen LogP contribution in [0, 0.1) is 23.0 Å². The van der Waals surface area contributed by atoms with Gasteiger partial charge in [0.15, 0.2) is 0 Å². The van der Waals surface area contributed by atoms with Crippen LogP contribution in [-0.2, 0) is 0 Å². The van der Waals surface area contributed by atoms with E-state index >= 15 is 0 Å². The van der Waals surface area contributed by atoms with E-state index in [0.29, 0.717) is 0 Å². The standard InChI is InChI=1S/C13H14F2N2O/c1-9(2)17(7-3-6-16)13(18)11-8-10(14)4-5-12(11)15/h4-5,8-9H,3,7H2,1-2H3. The van der Waals surface area contributed by atoms with Crippen molar-refractivity contribution in [3.05, 3.63) is 35.4 Å². The highest BCUT2D eigenvalue weighted by atomic mass is 19.1. The average molecular weight is 252 g/mol. The van der Waals surface area contributed by atoms with E-state index in [1.54, 1.807) is 13.8 Å². The molecule has 0 aliphatic heterocycles. The second-order valence-corrected chi connectivity index (χ2v) is 4.12. The number of carbonyl (C=O) groups is 1. The van der Waals surface area contributed by atoms with Gasteiger partial charge in [0.2, 0.25) is 0 Å². The van der Waals surface area contributed by atoms with Crippen LogP contribution in [0.15, 0.2) is 18.2 Å². The summed E-state index contributed by atoms with van der Waals surface area (Å²) in [6.07, 6.45) is 0.154. The minimum Gasteiger partial charge on any atom is -0.335 e. The van der Waals surface area contributed by atoms with Gasteiger partial charge in [-0.15, -0.1) is 0 Å². The fourth-order valence-corrected chi connectivity index (χ4v) is 1.58. The van der Waals surface area contributed by atoms with Crippen LogP contribution in [-0.4, -0.2) is 23.4 Å². The Kier molecular flexibility index (Phi) is 4.78. The van der Waals surface area contributed by atoms with Crippen molar-refractivity contribution in [3.63, 3.8) is 0 Å². The summed E-state index contributed by atoms with van der Waals surface area (Å²) in [5.41, 5.74) is -0.304. The summed E-state index contributed by atoms with van der Waals surface area (Å²) in [5, 5.41) is 8.53. The van der Waals surface area contributed by atoms with E-state index in [-0.39, 0.29) is 24.6 Å². The Morgan fingerprint density at radius 3 is 2.67 bits per heavy atom. The first-order valence-electron chi connectivity index (χ1n) is 5.60. The molecular weight excluding hydrogens is 238 g/mol. The molecule has 1 amide bonds. The Morgan fingerprint density at radius 2 is 2.11 bits per heavy atom. The van der Waals surface area contributed by atoms with E-state index in [2.05, 4.69) is 0 Å². The van der Waals surface area contributed by atoms with Crippen molar-refractivity contribution in [1.82, 2.24) is 4.90 Å². The third-order valence-electron chi connectivity index (χ3n) is 2.51. The van der Waals surface area contributed by atoms with Gasteiger partial charge in [0.05, 0.1) is 18.1 Å². The molecule has 1 aromatic rings. The molecule has 1 rings (SSSR count). The van der Waals surface area contributed by atoms with Gasteiger partial charge in [0, 0.05) is 12.6 Å². The van der Waals surface area contributed by atoms with E-state index in [1.165, 1.54) is 4.90 Å². The predicted octanol–water partition coefficient (Wildman–Crippen LogP) is 2.73. The molecule has 0 spiro atoms. The van der Waals surface area contributed by atoms with Crippen LogP contribution in [0.25, 0.3) is 0 Å². The van der Waals surface area contributed by atoms with Gasteiger partial charge in [-0.05, 0) is 32.0 Å². The number of halogens is 2. The van der Waals surface area contributed by atoms with Gasteiger partial charge < -0.3 is 4.90 Å². The number of hydrogen-bond donors (Lipinski definition) is 0. The molecule has 3 nitrogen and oxygen atoms in total. The first kappa shape index (κ1) is 14.1. The molecule has 0 aliphatic rings. The van der Waals surface area contributed by atoms with Gasteiger partial charge in [-0.2, -0.15) is 5.26 Å². The lowest BCUT2D eigenvalue weighted by atomic mass is 10.1. The molecule has 0 unspecified atom stereocenters. The highest BCUT2D eigenvalue weighted by molar-refractivity contribution is 5.94. The zero-order valence-electron chi connectivity index (χ0n) is 10.3. The van der Waals surface area contributed by atoms with Crippen molar-refractivity contribution in [2.45, 2.75) is 26.3 Å². The van der Waals surface area contributed by atoms with Crippen molar-refractivity contribution < 1.29 is 13.6 Å². The summed E-state index contributed by atoms with van der Waals surface area (Å²) >= 11 is 0. The number of rotatable bonds is 4. The molecule has 0 aromatic heterocycles. The number of nitrogens with zero attached hydrogens (tertiary/aromatic N) is 2. The van der Waals surface area contributed by atoms with E-state index in [0.717, 1.165) is 18.2 Å². The molecule has 0 radical (unpaired) electrons. The van der Waals surface area contributed by atoms with Crippen molar-refractivity contribution in [3.8, 4) is 6.07 Å². The van der Waals surface area contributed by atoms with Crippen molar-refractivity contribution in [1.29, 1.82) is 5.26 Å². The summed E-state index contributed by atoms with van der Waals surface area (Å²) in [6, 6.07) is 4.49. The quantitative estimate of drug-likeness (QED) is 0.827. The Labute approximate surface area is 105 Å². The van der Waals surface area contributed by atoms with E-state index in [1.807, 2.05) is 6.07 Å². The maximum Gasteiger partial charge on any atom is 0.257 e. The van der Waals surface area contributed by atoms with Crippen molar-refractivity contribution in [2.24, 2.45) is 0 Å². The SMILES string of the molecule is CC(C)N(CCC#N)C(=O)c1cc(F)ccc1F. The summed E-state index contributed by atoms with van der Waals surface area (Å²) in [4.78, 5) is 13.4. The normalized spacial score (nSPS) is 10.2. The Balaban J connectivity index is 3.02. The van der Waals surface area contributed by atoms with E-state index in [9.17, 15) is 13.6 Å². The lowest BCUT2D eigenvalue weighted by Crippen LogP contribution is -2.38. The Bertz CT molecular complexity index is 480. The zero-order chi connectivity index (χ0) is 13.7. The van der Waals surface area contributed by atoms with Crippen LogP contribution in [0.1, 0.15) is 30.6 Å². The smallest absolute Gasteiger partial charge is 0.257 e. The molecule has 0 fully saturated rings. The number of amides is 1. The van der Waals surface area contributed by atoms with E-state index < -0.39 is 17.5 Å². The molecular formula is C13H14F2N2O. The lowest BCUT2D eigenvalue weighted by Gasteiger charge is -2.26. The molecule has 96 valence electrons. The van der Waals surface area contributed by atoms with E-state index in [4.69, 9.17) is 5.26 Å². The molecule has 0 saturated carbocycles. The predicted molar refractivity (Wildman–Crippen MR) is 62.8 cm³/mol. The third-order valence-corrected chi connectivity index (χ3v) is 2.51. The van der Waals surface area contributed by atoms with Crippen molar-refractivity contribution >= 4 is 5.91 Å². The lowest BCUT2D eigenvalue weighted by molar-refractivity contribution is 0.0705. The molecule has 5 heteroatoms. The van der Waals surface area contributed by atoms with Crippen LogP contribution >= 0.6 is 0 Å². The Morgan fingerprint density at radius 1 is 1.44 bits per heavy atom. The van der Waals surface area contributed by atoms with Gasteiger partial charge in [-0.3, -0.25) is 4.79 Å². The molecule has 0 aliphatic carbocycles. The van der Waals surface area contributed by atoms with Gasteiger partial charge in [0.1, 0.15) is 11.6 Å². The second-order valence-electron chi connectivity index (χ2n) is 4.12. The minimum atomic E-state index is -0.760. The van der Waals surface area contributed by atoms with Gasteiger partial charge in [-0.1, -0.05) is 0 Å². The molecule has 0 heterocycles. The first-order valence-corrected chi connectivity index (χ1v) is 5.60. The molecule has 0 atom stereocenters. The highest BCUT2D eigenvalue weighted by Crippen LogP contribution is 2.14. The van der Waals surface area contributed by atoms with Crippen LogP contribution in [0.5, 0.6) is 0 Å². The first-order chi connectivity index (χ1) is 8.47. The Hall–Kier alpha value is -1.96. The second kappa shape index (κ2) is 6.10. The van der Waals surface area contributed by atoms with Crippen LogP contribution in [0.2, 0.25) is 0 Å². The topological polar surface area (TPSA) is 44.1 Å². The molecule has 0 N–H and O–H groups in total. The fourth-order valence-electron chi connectivity index (χ4n) is 1.58. The average Bonchev–Trinajstić information content (AvgIpc) is 2.32. The van der Waals surface area contributed by atoms with Gasteiger partial charge in [-0.25, -0.2) is 8.78 Å². The molecule has 1 aromatic carbocycles. The summed E-state index contributed by atoms with van der Waals surface area (Å²) in [6.45, 7) is 3.71. The monoisotopic (exact) mass is 252 g/mol. The number of hydrogen-bond acceptors (Lipinski definition) is 2. The molecule has 0 bridgehead atoms. The summed E-state index contributed by atoms with van der Waals surface area (Å²) in [7, 11) is 0. The van der Waals surface area contributed by atoms with Crippen molar-refractivity contribution in [2.75, 3.05) is 6.54 Å². The van der Waals surface area contributed by atoms with Crippen LogP contribution in [0.4, 0.5) is 8.78 Å². The fraction of sp³-hybridized carbons (Fsp3) is 0.385. The zero-order valence-corrected chi connectivity index (χ0v) is 10.3. The highest BCUT2D eigenvalue weighted by Gasteiger charge is 2.21. The molecule has 0 saturated heterocycles. The largest absolute Gasteiger partial charge is 0.335 e. The maximum atomic E-state index is 13.5. The third kappa shape index (κ3) is 3.27. The van der Waals surface area contributed by atoms with Crippen LogP contribution < -0.4 is 0 Å². The summed E-state index contributed by atoms with van der Waals surface area (Å²) < 4.78 is 26.5. The number of benzene rings is 1. The van der Waals surface area contributed by atoms with Crippen LogP contribution in [0.3, 0.4) is 0 Å². The van der Waals surface area contributed by atoms with Gasteiger partial charge in [0.25, 0.3) is 5.91 Å². The minimum absolute atomic E-state index is 0.154. The summed E-state index contributed by atoms with van der Waals surface area (Å²) in [5.74, 6) is -2.02. The maximum absolute atomic E-state index is 13.5. The molecule has 18 heavy (non-hydrogen) atoms. The number of nitriles is 1. The number of carbonyl (C=O) groups excluding carboxylic acids is 1.